The topological polar surface area (TPSA) is 58.2 Å². The normalized spacial score (nSPS) is 11.3. The van der Waals surface area contributed by atoms with Gasteiger partial charge in [-0.15, -0.1) is 0 Å². The molecule has 4 aromatic carbocycles. The van der Waals surface area contributed by atoms with E-state index in [1.165, 1.54) is 30.3 Å². The summed E-state index contributed by atoms with van der Waals surface area (Å²) in [5.41, 5.74) is -1.93. The van der Waals surface area contributed by atoms with Crippen LogP contribution in [0.2, 0.25) is 0 Å². The molecule has 0 fully saturated rings. The van der Waals surface area contributed by atoms with E-state index >= 15 is 0 Å². The standard InChI is InChI=1S/C25H16F4N2O2/c26-21-8-4-3-7-19(21)24(33)30-18-11-12-22(20(14-18)25(27,28)29)31-23(32)17-10-9-15-5-1-2-6-16(15)13-17/h1-14H,(H,30,33)(H,31,32). The van der Waals surface area contributed by atoms with Gasteiger partial charge in [0, 0.05) is 11.3 Å². The molecule has 0 unspecified atom stereocenters. The van der Waals surface area contributed by atoms with E-state index in [0.717, 1.165) is 22.9 Å². The van der Waals surface area contributed by atoms with E-state index < -0.39 is 35.1 Å². The molecule has 0 aromatic heterocycles. The number of hydrogen-bond acceptors (Lipinski definition) is 2. The fourth-order valence-electron chi connectivity index (χ4n) is 3.33. The molecule has 0 saturated heterocycles. The Kier molecular flexibility index (Phi) is 5.83. The summed E-state index contributed by atoms with van der Waals surface area (Å²) in [7, 11) is 0. The molecule has 0 spiro atoms. The second-order valence-electron chi connectivity index (χ2n) is 7.21. The fourth-order valence-corrected chi connectivity index (χ4v) is 3.33. The number of anilines is 2. The van der Waals surface area contributed by atoms with Crippen molar-refractivity contribution in [2.45, 2.75) is 6.18 Å². The third-order valence-electron chi connectivity index (χ3n) is 4.96. The van der Waals surface area contributed by atoms with Crippen molar-refractivity contribution in [2.75, 3.05) is 10.6 Å². The summed E-state index contributed by atoms with van der Waals surface area (Å²) >= 11 is 0. The third kappa shape index (κ3) is 4.85. The lowest BCUT2D eigenvalue weighted by Gasteiger charge is -2.16. The molecule has 8 heteroatoms. The Balaban J connectivity index is 1.60. The summed E-state index contributed by atoms with van der Waals surface area (Å²) in [5, 5.41) is 6.20. The molecule has 0 aliphatic carbocycles. The first kappa shape index (κ1) is 22.0. The smallest absolute Gasteiger partial charge is 0.322 e. The third-order valence-corrected chi connectivity index (χ3v) is 4.96. The van der Waals surface area contributed by atoms with Crippen LogP contribution < -0.4 is 10.6 Å². The van der Waals surface area contributed by atoms with Crippen LogP contribution in [0.5, 0.6) is 0 Å². The molecule has 4 nitrogen and oxygen atoms in total. The van der Waals surface area contributed by atoms with Crippen molar-refractivity contribution in [3.63, 3.8) is 0 Å². The van der Waals surface area contributed by atoms with Gasteiger partial charge in [-0.3, -0.25) is 9.59 Å². The highest BCUT2D eigenvalue weighted by molar-refractivity contribution is 6.07. The molecule has 0 radical (unpaired) electrons. The summed E-state index contributed by atoms with van der Waals surface area (Å²) in [5.74, 6) is -2.41. The van der Waals surface area contributed by atoms with Gasteiger partial charge in [-0.25, -0.2) is 4.39 Å². The number of hydrogen-bond donors (Lipinski definition) is 2. The Morgan fingerprint density at radius 3 is 2.12 bits per heavy atom. The lowest BCUT2D eigenvalue weighted by Crippen LogP contribution is -2.18. The Hall–Kier alpha value is -4.20. The highest BCUT2D eigenvalue weighted by Gasteiger charge is 2.34. The van der Waals surface area contributed by atoms with Gasteiger partial charge in [0.05, 0.1) is 16.8 Å². The molecule has 4 rings (SSSR count). The molecular formula is C25H16F4N2O2. The Labute approximate surface area is 185 Å². The maximum Gasteiger partial charge on any atom is 0.418 e. The predicted molar refractivity (Wildman–Crippen MR) is 118 cm³/mol. The molecule has 0 heterocycles. The van der Waals surface area contributed by atoms with Crippen molar-refractivity contribution < 1.29 is 27.2 Å². The summed E-state index contributed by atoms with van der Waals surface area (Å²) < 4.78 is 54.9. The molecule has 0 aliphatic heterocycles. The molecule has 2 N–H and O–H groups in total. The number of benzene rings is 4. The average molecular weight is 452 g/mol. The van der Waals surface area contributed by atoms with E-state index in [1.807, 2.05) is 12.1 Å². The number of alkyl halides is 3. The van der Waals surface area contributed by atoms with Gasteiger partial charge in [0.2, 0.25) is 0 Å². The lowest BCUT2D eigenvalue weighted by atomic mass is 10.1. The van der Waals surface area contributed by atoms with Gasteiger partial charge in [-0.05, 0) is 53.2 Å². The molecule has 0 saturated carbocycles. The molecular weight excluding hydrogens is 436 g/mol. The number of carbonyl (C=O) groups excluding carboxylic acids is 2. The van der Waals surface area contributed by atoms with Gasteiger partial charge in [-0.2, -0.15) is 13.2 Å². The average Bonchev–Trinajstić information content (AvgIpc) is 2.79. The Morgan fingerprint density at radius 1 is 0.697 bits per heavy atom. The highest BCUT2D eigenvalue weighted by Crippen LogP contribution is 2.37. The number of fused-ring (bicyclic) bond motifs is 1. The Morgan fingerprint density at radius 2 is 1.39 bits per heavy atom. The van der Waals surface area contributed by atoms with Crippen LogP contribution in [0.3, 0.4) is 0 Å². The van der Waals surface area contributed by atoms with Crippen molar-refractivity contribution in [2.24, 2.45) is 0 Å². The fraction of sp³-hybridized carbons (Fsp3) is 0.0400. The van der Waals surface area contributed by atoms with Gasteiger partial charge in [0.1, 0.15) is 5.82 Å². The first-order valence-corrected chi connectivity index (χ1v) is 9.79. The van der Waals surface area contributed by atoms with Crippen molar-refractivity contribution in [3.8, 4) is 0 Å². The van der Waals surface area contributed by atoms with E-state index in [4.69, 9.17) is 0 Å². The van der Waals surface area contributed by atoms with Crippen LogP contribution >= 0.6 is 0 Å². The minimum absolute atomic E-state index is 0.193. The van der Waals surface area contributed by atoms with Gasteiger partial charge in [0.15, 0.2) is 0 Å². The lowest BCUT2D eigenvalue weighted by molar-refractivity contribution is -0.136. The largest absolute Gasteiger partial charge is 0.418 e. The zero-order chi connectivity index (χ0) is 23.6. The van der Waals surface area contributed by atoms with Crippen molar-refractivity contribution in [1.82, 2.24) is 0 Å². The molecule has 0 bridgehead atoms. The maximum atomic E-state index is 13.8. The van der Waals surface area contributed by atoms with E-state index in [2.05, 4.69) is 10.6 Å². The summed E-state index contributed by atoms with van der Waals surface area (Å²) in [6.45, 7) is 0. The van der Waals surface area contributed by atoms with E-state index in [1.54, 1.807) is 24.3 Å². The molecule has 0 atom stereocenters. The number of nitrogens with one attached hydrogen (secondary N) is 2. The molecule has 0 aliphatic rings. The van der Waals surface area contributed by atoms with Crippen LogP contribution in [-0.4, -0.2) is 11.8 Å². The van der Waals surface area contributed by atoms with E-state index in [9.17, 15) is 27.2 Å². The van der Waals surface area contributed by atoms with Crippen LogP contribution in [0.25, 0.3) is 10.8 Å². The second kappa shape index (κ2) is 8.74. The molecule has 4 aromatic rings. The minimum atomic E-state index is -4.81. The van der Waals surface area contributed by atoms with Crippen LogP contribution in [0.4, 0.5) is 28.9 Å². The summed E-state index contributed by atoms with van der Waals surface area (Å²) in [4.78, 5) is 24.9. The first-order valence-electron chi connectivity index (χ1n) is 9.79. The summed E-state index contributed by atoms with van der Waals surface area (Å²) in [6.07, 6.45) is -4.81. The first-order chi connectivity index (χ1) is 15.7. The summed E-state index contributed by atoms with van der Waals surface area (Å²) in [6, 6.07) is 20.1. The van der Waals surface area contributed by atoms with Crippen molar-refractivity contribution in [3.05, 3.63) is 107 Å². The molecule has 33 heavy (non-hydrogen) atoms. The maximum absolute atomic E-state index is 13.8. The van der Waals surface area contributed by atoms with Crippen molar-refractivity contribution >= 4 is 34.0 Å². The Bertz CT molecular complexity index is 1370. The second-order valence-corrected chi connectivity index (χ2v) is 7.21. The molecule has 166 valence electrons. The van der Waals surface area contributed by atoms with Crippen LogP contribution in [0.1, 0.15) is 26.3 Å². The van der Waals surface area contributed by atoms with E-state index in [-0.39, 0.29) is 16.8 Å². The molecule has 2 amide bonds. The van der Waals surface area contributed by atoms with Gasteiger partial charge in [0.25, 0.3) is 11.8 Å². The number of rotatable bonds is 4. The van der Waals surface area contributed by atoms with Crippen molar-refractivity contribution in [1.29, 1.82) is 0 Å². The van der Waals surface area contributed by atoms with Crippen LogP contribution in [-0.2, 0) is 6.18 Å². The SMILES string of the molecule is O=C(Nc1ccc(NC(=O)c2ccccc2F)cc1C(F)(F)F)c1ccc2ccccc2c1. The van der Waals surface area contributed by atoms with Gasteiger partial charge in [-0.1, -0.05) is 42.5 Å². The van der Waals surface area contributed by atoms with Gasteiger partial charge >= 0.3 is 6.18 Å². The number of amides is 2. The van der Waals surface area contributed by atoms with Gasteiger partial charge < -0.3 is 10.6 Å². The van der Waals surface area contributed by atoms with E-state index in [0.29, 0.717) is 6.07 Å². The minimum Gasteiger partial charge on any atom is -0.322 e. The monoisotopic (exact) mass is 452 g/mol. The predicted octanol–water partition coefficient (Wildman–Crippen LogP) is 6.50. The number of halogens is 4. The van der Waals surface area contributed by atoms with Crippen LogP contribution in [0, 0.1) is 5.82 Å². The highest BCUT2D eigenvalue weighted by atomic mass is 19.4. The zero-order valence-electron chi connectivity index (χ0n) is 16.9. The quantitative estimate of drug-likeness (QED) is 0.347. The number of carbonyl (C=O) groups is 2. The zero-order valence-corrected chi connectivity index (χ0v) is 16.9. The van der Waals surface area contributed by atoms with Crippen LogP contribution in [0.15, 0.2) is 84.9 Å².